The van der Waals surface area contributed by atoms with Crippen molar-refractivity contribution in [2.75, 3.05) is 18.8 Å². The molecule has 0 aromatic carbocycles. The molecular weight excluding hydrogens is 233 g/mol. The van der Waals surface area contributed by atoms with Gasteiger partial charge in [0.1, 0.15) is 0 Å². The van der Waals surface area contributed by atoms with E-state index >= 15 is 0 Å². The predicted octanol–water partition coefficient (Wildman–Crippen LogP) is -3.31. The molecule has 1 unspecified atom stereocenters. The topological polar surface area (TPSA) is 82.3 Å². The Morgan fingerprint density at radius 2 is 2.47 bits per heavy atom. The molecule has 2 rings (SSSR count). The van der Waals surface area contributed by atoms with E-state index in [0.717, 1.165) is 30.8 Å². The molecule has 5 nitrogen and oxygen atoms in total. The summed E-state index contributed by atoms with van der Waals surface area (Å²) in [6.07, 6.45) is 3.39. The van der Waals surface area contributed by atoms with Crippen LogP contribution in [0, 0.1) is 5.92 Å². The molecule has 0 amide bonds. The van der Waals surface area contributed by atoms with Gasteiger partial charge in [-0.2, -0.15) is 0 Å². The molecule has 1 aliphatic heterocycles. The van der Waals surface area contributed by atoms with E-state index in [1.165, 1.54) is 11.3 Å². The Labute approximate surface area is 116 Å². The molecule has 1 fully saturated rings. The number of carboxylic acid groups (broad SMARTS) is 1. The number of carboxylic acids is 1. The zero-order valence-electron chi connectivity index (χ0n) is 9.89. The Balaban J connectivity index is 0.00000144. The Hall–Kier alpha value is -0.543. The number of hydrogen-bond acceptors (Lipinski definition) is 6. The molecule has 1 aromatic rings. The zero-order chi connectivity index (χ0) is 11.5. The number of aromatic nitrogens is 1. The second-order valence-electron chi connectivity index (χ2n) is 4.06. The van der Waals surface area contributed by atoms with Gasteiger partial charge in [-0.25, -0.2) is 4.98 Å². The minimum atomic E-state index is -0.937. The summed E-state index contributed by atoms with van der Waals surface area (Å²) in [5.41, 5.74) is 5.54. The van der Waals surface area contributed by atoms with Crippen molar-refractivity contribution in [3.05, 3.63) is 11.1 Å². The minimum Gasteiger partial charge on any atom is -0.550 e. The van der Waals surface area contributed by atoms with Gasteiger partial charge < -0.3 is 15.6 Å². The summed E-state index contributed by atoms with van der Waals surface area (Å²) >= 11 is 1.45. The number of rotatable bonds is 3. The number of carbonyl (C=O) groups excluding carboxylic acids is 1. The number of nitrogens with two attached hydrogens (primary N) is 1. The van der Waals surface area contributed by atoms with E-state index in [1.54, 1.807) is 6.20 Å². The molecule has 0 radical (unpaired) electrons. The van der Waals surface area contributed by atoms with Gasteiger partial charge in [0, 0.05) is 36.1 Å². The van der Waals surface area contributed by atoms with Gasteiger partial charge in [-0.3, -0.25) is 4.90 Å². The van der Waals surface area contributed by atoms with E-state index in [2.05, 4.69) is 9.88 Å². The molecule has 1 saturated heterocycles. The number of thiazole rings is 1. The predicted molar refractivity (Wildman–Crippen MR) is 59.5 cm³/mol. The second-order valence-corrected chi connectivity index (χ2v) is 5.20. The van der Waals surface area contributed by atoms with Gasteiger partial charge in [0.25, 0.3) is 0 Å². The Kier molecular flexibility index (Phi) is 5.47. The maximum absolute atomic E-state index is 10.8. The summed E-state index contributed by atoms with van der Waals surface area (Å²) in [7, 11) is 0. The van der Waals surface area contributed by atoms with Crippen molar-refractivity contribution in [2.45, 2.75) is 19.4 Å². The fourth-order valence-electron chi connectivity index (χ4n) is 2.01. The monoisotopic (exact) mass is 247 g/mol. The summed E-state index contributed by atoms with van der Waals surface area (Å²) in [6.45, 7) is 2.24. The molecule has 0 spiro atoms. The average Bonchev–Trinajstić information content (AvgIpc) is 2.64. The number of anilines is 1. The fraction of sp³-hybridized carbons (Fsp3) is 0.600. The normalized spacial score (nSPS) is 20.8. The Morgan fingerprint density at radius 3 is 3.06 bits per heavy atom. The van der Waals surface area contributed by atoms with Gasteiger partial charge in [-0.1, -0.05) is 0 Å². The first-order valence-corrected chi connectivity index (χ1v) is 6.10. The van der Waals surface area contributed by atoms with Crippen molar-refractivity contribution in [3.8, 4) is 0 Å². The first kappa shape index (κ1) is 14.5. The molecule has 88 valence electrons. The van der Waals surface area contributed by atoms with Crippen molar-refractivity contribution in [1.29, 1.82) is 0 Å². The van der Waals surface area contributed by atoms with E-state index in [9.17, 15) is 9.90 Å². The van der Waals surface area contributed by atoms with E-state index in [0.29, 0.717) is 11.7 Å². The number of piperidine rings is 1. The third kappa shape index (κ3) is 4.00. The van der Waals surface area contributed by atoms with Crippen molar-refractivity contribution >= 4 is 22.4 Å². The summed E-state index contributed by atoms with van der Waals surface area (Å²) in [5.74, 6) is -1.27. The quantitative estimate of drug-likeness (QED) is 0.566. The number of likely N-dealkylation sites (tertiary alicyclic amines) is 1. The van der Waals surface area contributed by atoms with Crippen LogP contribution in [0.15, 0.2) is 6.20 Å². The third-order valence-electron chi connectivity index (χ3n) is 2.79. The third-order valence-corrected chi connectivity index (χ3v) is 3.60. The number of aliphatic carboxylic acids is 1. The van der Waals surface area contributed by atoms with Gasteiger partial charge >= 0.3 is 18.9 Å². The van der Waals surface area contributed by atoms with Crippen LogP contribution in [0.3, 0.4) is 0 Å². The summed E-state index contributed by atoms with van der Waals surface area (Å²) in [6, 6.07) is 0. The van der Waals surface area contributed by atoms with Crippen LogP contribution in [-0.2, 0) is 11.3 Å². The van der Waals surface area contributed by atoms with E-state index in [1.807, 2.05) is 0 Å². The molecule has 1 atom stereocenters. The van der Waals surface area contributed by atoms with Gasteiger partial charge in [0.05, 0.1) is 0 Å². The van der Waals surface area contributed by atoms with Crippen molar-refractivity contribution in [2.24, 2.45) is 5.92 Å². The van der Waals surface area contributed by atoms with Crippen LogP contribution in [0.2, 0.25) is 0 Å². The number of nitrogens with zero attached hydrogens (tertiary/aromatic N) is 2. The fourth-order valence-corrected chi connectivity index (χ4v) is 2.73. The first-order valence-electron chi connectivity index (χ1n) is 5.28. The largest absolute Gasteiger partial charge is 1.00 e. The van der Waals surface area contributed by atoms with E-state index in [4.69, 9.17) is 5.73 Å². The summed E-state index contributed by atoms with van der Waals surface area (Å²) in [5, 5.41) is 11.3. The second kappa shape index (κ2) is 6.41. The first-order chi connectivity index (χ1) is 7.65. The van der Waals surface area contributed by atoms with Crippen LogP contribution >= 0.6 is 11.3 Å². The van der Waals surface area contributed by atoms with Crippen molar-refractivity contribution in [3.63, 3.8) is 0 Å². The Bertz CT molecular complexity index is 385. The SMILES string of the molecule is Nc1ncc(CN2CCCC(C(=O)[O-])C2)s1.[Li+]. The number of carbonyl (C=O) groups is 1. The van der Waals surface area contributed by atoms with Crippen LogP contribution in [0.4, 0.5) is 5.13 Å². The molecule has 17 heavy (non-hydrogen) atoms. The summed E-state index contributed by atoms with van der Waals surface area (Å²) in [4.78, 5) is 18.0. The van der Waals surface area contributed by atoms with E-state index < -0.39 is 5.97 Å². The molecule has 2 N–H and O–H groups in total. The maximum atomic E-state index is 10.8. The number of nitrogen functional groups attached to an aromatic ring is 1. The van der Waals surface area contributed by atoms with Crippen LogP contribution in [0.5, 0.6) is 0 Å². The Morgan fingerprint density at radius 1 is 1.71 bits per heavy atom. The minimum absolute atomic E-state index is 0. The zero-order valence-corrected chi connectivity index (χ0v) is 10.7. The summed E-state index contributed by atoms with van der Waals surface area (Å²) < 4.78 is 0. The van der Waals surface area contributed by atoms with Crippen LogP contribution in [-0.4, -0.2) is 28.9 Å². The van der Waals surface area contributed by atoms with Gasteiger partial charge in [-0.15, -0.1) is 11.3 Å². The average molecular weight is 247 g/mol. The van der Waals surface area contributed by atoms with Crippen LogP contribution in [0.1, 0.15) is 17.7 Å². The number of hydrogen-bond donors (Lipinski definition) is 1. The van der Waals surface area contributed by atoms with Gasteiger partial charge in [-0.05, 0) is 19.4 Å². The molecule has 1 aliphatic rings. The molecule has 2 heterocycles. The van der Waals surface area contributed by atoms with Crippen molar-refractivity contribution in [1.82, 2.24) is 9.88 Å². The van der Waals surface area contributed by atoms with Crippen molar-refractivity contribution < 1.29 is 28.8 Å². The molecule has 0 aliphatic carbocycles. The van der Waals surface area contributed by atoms with Crippen LogP contribution in [0.25, 0.3) is 0 Å². The van der Waals surface area contributed by atoms with Gasteiger partial charge in [0.2, 0.25) is 0 Å². The van der Waals surface area contributed by atoms with Crippen LogP contribution < -0.4 is 29.7 Å². The molecule has 0 bridgehead atoms. The molecule has 1 aromatic heterocycles. The standard InChI is InChI=1S/C10H15N3O2S.Li/c11-10-12-4-8(16-10)6-13-3-1-2-7(5-13)9(14)15;/h4,7H,1-3,5-6H2,(H2,11,12)(H,14,15);/q;+1/p-1. The smallest absolute Gasteiger partial charge is 0.550 e. The molecule has 7 heteroatoms. The molecular formula is C10H14LiN3O2S. The molecule has 0 saturated carbocycles. The van der Waals surface area contributed by atoms with Gasteiger partial charge in [0.15, 0.2) is 5.13 Å². The van der Waals surface area contributed by atoms with E-state index in [-0.39, 0.29) is 24.8 Å². The maximum Gasteiger partial charge on any atom is 1.00 e.